The van der Waals surface area contributed by atoms with Crippen molar-refractivity contribution in [3.05, 3.63) is 34.9 Å². The normalized spacial score (nSPS) is 24.2. The van der Waals surface area contributed by atoms with Crippen LogP contribution in [0.15, 0.2) is 18.2 Å². The monoisotopic (exact) mass is 218 g/mol. The summed E-state index contributed by atoms with van der Waals surface area (Å²) < 4.78 is 0. The Hall–Kier alpha value is -1.84. The number of hydrogen-bond donors (Lipinski definition) is 2. The zero-order valence-corrected chi connectivity index (χ0v) is 9.55. The van der Waals surface area contributed by atoms with Crippen molar-refractivity contribution in [2.45, 2.75) is 26.3 Å². The molecule has 1 fully saturated rings. The van der Waals surface area contributed by atoms with Gasteiger partial charge in [0.2, 0.25) is 0 Å². The summed E-state index contributed by atoms with van der Waals surface area (Å²) in [4.78, 5) is 22.9. The van der Waals surface area contributed by atoms with Gasteiger partial charge < -0.3 is 5.32 Å². The third kappa shape index (κ3) is 1.46. The zero-order valence-electron chi connectivity index (χ0n) is 9.55. The Kier molecular flexibility index (Phi) is 2.22. The van der Waals surface area contributed by atoms with Crippen molar-refractivity contribution < 1.29 is 9.59 Å². The summed E-state index contributed by atoms with van der Waals surface area (Å²) in [6.45, 7) is 5.70. The highest BCUT2D eigenvalue weighted by molar-refractivity contribution is 6.07. The van der Waals surface area contributed by atoms with E-state index in [-0.39, 0.29) is 5.91 Å². The molecular weight excluding hydrogens is 204 g/mol. The molecule has 1 aromatic carbocycles. The molecule has 1 atom stereocenters. The molecule has 0 aromatic heterocycles. The summed E-state index contributed by atoms with van der Waals surface area (Å²) in [5, 5.41) is 4.89. The minimum atomic E-state index is -0.949. The molecule has 0 saturated carbocycles. The van der Waals surface area contributed by atoms with E-state index in [1.165, 1.54) is 0 Å². The van der Waals surface area contributed by atoms with E-state index >= 15 is 0 Å². The molecule has 1 aliphatic rings. The van der Waals surface area contributed by atoms with Crippen molar-refractivity contribution in [1.82, 2.24) is 10.6 Å². The average molecular weight is 218 g/mol. The number of carbonyl (C=O) groups is 2. The Morgan fingerprint density at radius 1 is 1.12 bits per heavy atom. The van der Waals surface area contributed by atoms with Crippen LogP contribution in [0, 0.1) is 13.8 Å². The lowest BCUT2D eigenvalue weighted by molar-refractivity contribution is -0.123. The zero-order chi connectivity index (χ0) is 11.9. The van der Waals surface area contributed by atoms with Crippen LogP contribution in [0.4, 0.5) is 4.79 Å². The fourth-order valence-electron chi connectivity index (χ4n) is 1.80. The fourth-order valence-corrected chi connectivity index (χ4v) is 1.80. The maximum atomic E-state index is 11.7. The van der Waals surface area contributed by atoms with E-state index in [9.17, 15) is 9.59 Å². The van der Waals surface area contributed by atoms with Gasteiger partial charge in [0.15, 0.2) is 0 Å². The van der Waals surface area contributed by atoms with Gasteiger partial charge in [-0.05, 0) is 37.5 Å². The maximum Gasteiger partial charge on any atom is 0.322 e. The number of amides is 3. The van der Waals surface area contributed by atoms with E-state index < -0.39 is 11.6 Å². The highest BCUT2D eigenvalue weighted by atomic mass is 16.2. The second-order valence-electron chi connectivity index (χ2n) is 4.33. The Bertz CT molecular complexity index is 482. The highest BCUT2D eigenvalue weighted by Crippen LogP contribution is 2.25. The third-order valence-corrected chi connectivity index (χ3v) is 3.13. The lowest BCUT2D eigenvalue weighted by Crippen LogP contribution is -2.40. The van der Waals surface area contributed by atoms with E-state index in [1.807, 2.05) is 32.0 Å². The smallest absolute Gasteiger partial charge is 0.320 e. The van der Waals surface area contributed by atoms with Crippen LogP contribution in [-0.4, -0.2) is 11.9 Å². The molecule has 4 nitrogen and oxygen atoms in total. The number of carbonyl (C=O) groups excluding carboxylic acids is 2. The first-order chi connectivity index (χ1) is 7.43. The summed E-state index contributed by atoms with van der Waals surface area (Å²) in [6, 6.07) is 5.31. The number of nitrogens with one attached hydrogen (secondary N) is 2. The second-order valence-corrected chi connectivity index (χ2v) is 4.33. The van der Waals surface area contributed by atoms with E-state index in [2.05, 4.69) is 10.6 Å². The van der Waals surface area contributed by atoms with Gasteiger partial charge in [-0.1, -0.05) is 18.2 Å². The number of hydrogen-bond acceptors (Lipinski definition) is 2. The Morgan fingerprint density at radius 2 is 1.81 bits per heavy atom. The predicted octanol–water partition coefficient (Wildman–Crippen LogP) is 1.36. The molecule has 1 heterocycles. The van der Waals surface area contributed by atoms with Crippen molar-refractivity contribution in [2.75, 3.05) is 0 Å². The summed E-state index contributed by atoms with van der Waals surface area (Å²) in [5.74, 6) is -0.305. The van der Waals surface area contributed by atoms with Gasteiger partial charge in [0.1, 0.15) is 5.54 Å². The largest absolute Gasteiger partial charge is 0.322 e. The van der Waals surface area contributed by atoms with Gasteiger partial charge >= 0.3 is 6.03 Å². The maximum absolute atomic E-state index is 11.7. The van der Waals surface area contributed by atoms with Gasteiger partial charge in [-0.25, -0.2) is 4.79 Å². The van der Waals surface area contributed by atoms with E-state index in [0.29, 0.717) is 0 Å². The van der Waals surface area contributed by atoms with Crippen molar-refractivity contribution >= 4 is 11.9 Å². The molecule has 0 radical (unpaired) electrons. The van der Waals surface area contributed by atoms with E-state index in [4.69, 9.17) is 0 Å². The molecule has 3 amide bonds. The first-order valence-corrected chi connectivity index (χ1v) is 5.15. The highest BCUT2D eigenvalue weighted by Gasteiger charge is 2.43. The third-order valence-electron chi connectivity index (χ3n) is 3.13. The fraction of sp³-hybridized carbons (Fsp3) is 0.333. The summed E-state index contributed by atoms with van der Waals surface area (Å²) in [5.41, 5.74) is 2.12. The van der Waals surface area contributed by atoms with Crippen LogP contribution >= 0.6 is 0 Å². The van der Waals surface area contributed by atoms with Crippen LogP contribution in [0.25, 0.3) is 0 Å². The van der Waals surface area contributed by atoms with Crippen molar-refractivity contribution in [1.29, 1.82) is 0 Å². The molecule has 2 N–H and O–H groups in total. The van der Waals surface area contributed by atoms with E-state index in [1.54, 1.807) is 6.92 Å². The number of urea groups is 1. The minimum absolute atomic E-state index is 0.305. The molecule has 1 aliphatic heterocycles. The Morgan fingerprint density at radius 3 is 2.31 bits per heavy atom. The standard InChI is InChI=1S/C12H14N2O2/c1-7-4-5-9(6-8(7)2)12(3)10(15)13-11(16)14-12/h4-6H,1-3H3,(H2,13,14,15,16). The number of rotatable bonds is 1. The lowest BCUT2D eigenvalue weighted by Gasteiger charge is -2.21. The molecule has 84 valence electrons. The van der Waals surface area contributed by atoms with E-state index in [0.717, 1.165) is 16.7 Å². The molecule has 1 saturated heterocycles. The topological polar surface area (TPSA) is 58.2 Å². The molecule has 0 bridgehead atoms. The minimum Gasteiger partial charge on any atom is -0.320 e. The van der Waals surface area contributed by atoms with Gasteiger partial charge in [0.25, 0.3) is 5.91 Å². The second kappa shape index (κ2) is 3.33. The van der Waals surface area contributed by atoms with Gasteiger partial charge in [-0.2, -0.15) is 0 Å². The summed E-state index contributed by atoms with van der Waals surface area (Å²) >= 11 is 0. The van der Waals surface area contributed by atoms with Gasteiger partial charge in [-0.15, -0.1) is 0 Å². The van der Waals surface area contributed by atoms with Crippen LogP contribution in [0.3, 0.4) is 0 Å². The predicted molar refractivity (Wildman–Crippen MR) is 59.9 cm³/mol. The number of imide groups is 1. The molecule has 0 aliphatic carbocycles. The van der Waals surface area contributed by atoms with Crippen molar-refractivity contribution in [3.63, 3.8) is 0 Å². The first-order valence-electron chi connectivity index (χ1n) is 5.15. The van der Waals surface area contributed by atoms with Crippen molar-refractivity contribution in [3.8, 4) is 0 Å². The van der Waals surface area contributed by atoms with Crippen molar-refractivity contribution in [2.24, 2.45) is 0 Å². The molecule has 16 heavy (non-hydrogen) atoms. The first kappa shape index (κ1) is 10.7. The van der Waals surface area contributed by atoms with Gasteiger partial charge in [-0.3, -0.25) is 10.1 Å². The quantitative estimate of drug-likeness (QED) is 0.699. The van der Waals surface area contributed by atoms with Crippen LogP contribution < -0.4 is 10.6 Å². The summed E-state index contributed by atoms with van der Waals surface area (Å²) in [7, 11) is 0. The van der Waals surface area contributed by atoms with Gasteiger partial charge in [0.05, 0.1) is 0 Å². The summed E-state index contributed by atoms with van der Waals surface area (Å²) in [6.07, 6.45) is 0. The molecule has 1 aromatic rings. The van der Waals surface area contributed by atoms with Gasteiger partial charge in [0, 0.05) is 0 Å². The van der Waals surface area contributed by atoms with Crippen LogP contribution in [0.5, 0.6) is 0 Å². The SMILES string of the molecule is Cc1ccc(C2(C)NC(=O)NC2=O)cc1C. The Balaban J connectivity index is 2.47. The van der Waals surface area contributed by atoms with Crippen LogP contribution in [-0.2, 0) is 10.3 Å². The van der Waals surface area contributed by atoms with Crippen LogP contribution in [0.2, 0.25) is 0 Å². The average Bonchev–Trinajstić information content (AvgIpc) is 2.46. The molecule has 4 heteroatoms. The molecular formula is C12H14N2O2. The number of aryl methyl sites for hydroxylation is 2. The molecule has 1 unspecified atom stereocenters. The van der Waals surface area contributed by atoms with Crippen LogP contribution in [0.1, 0.15) is 23.6 Å². The molecule has 2 rings (SSSR count). The Labute approximate surface area is 94.0 Å². The molecule has 0 spiro atoms. The number of benzene rings is 1. The lowest BCUT2D eigenvalue weighted by atomic mass is 9.90.